The SMILES string of the molecule is COC(=O)Nc1ccc2c(c1)NC(=O)CCCCC[C@H](NC(=O)c1cn(-c3cccc(Cl)c3F)cn1)c1ncc-2[nH]1. The van der Waals surface area contributed by atoms with E-state index in [0.717, 1.165) is 12.8 Å². The van der Waals surface area contributed by atoms with E-state index in [1.54, 1.807) is 30.5 Å². The number of nitrogens with zero attached hydrogens (tertiary/aromatic N) is 3. The fourth-order valence-corrected chi connectivity index (χ4v) is 4.75. The predicted octanol–water partition coefficient (Wildman–Crippen LogP) is 5.61. The largest absolute Gasteiger partial charge is 0.453 e. The van der Waals surface area contributed by atoms with Gasteiger partial charge in [0.05, 0.1) is 41.4 Å². The molecule has 4 aromatic rings. The topological polar surface area (TPSA) is 143 Å². The quantitative estimate of drug-likeness (QED) is 0.247. The number of halogens is 2. The second kappa shape index (κ2) is 12.2. The molecule has 4 N–H and O–H groups in total. The van der Waals surface area contributed by atoms with E-state index in [2.05, 4.69) is 35.6 Å². The maximum atomic E-state index is 14.5. The van der Waals surface area contributed by atoms with Gasteiger partial charge in [-0.1, -0.05) is 30.5 Å². The third-order valence-electron chi connectivity index (χ3n) is 6.67. The zero-order valence-electron chi connectivity index (χ0n) is 22.0. The minimum Gasteiger partial charge on any atom is -0.453 e. The number of benzene rings is 2. The van der Waals surface area contributed by atoms with Gasteiger partial charge < -0.3 is 24.9 Å². The molecule has 1 aliphatic heterocycles. The van der Waals surface area contributed by atoms with Crippen molar-refractivity contribution >= 4 is 40.9 Å². The number of methoxy groups -OCH3 is 1. The Bertz CT molecular complexity index is 1600. The highest BCUT2D eigenvalue weighted by Crippen LogP contribution is 2.32. The standard InChI is InChI=1S/C28H27ClFN7O4/c1-41-28(40)33-16-10-11-17-20(12-16)34-24(38)9-4-2-3-7-19(26-31-13-21(17)35-26)36-27(39)22-14-37(15-32-22)23-8-5-6-18(29)25(23)30/h5-6,8,10-15,19H,2-4,7,9H2,1H3,(H,31,35)(H,33,40)(H,34,38)(H,36,39)/t19-/m0/s1. The number of nitrogens with one attached hydrogen (secondary N) is 4. The number of hydrogen-bond acceptors (Lipinski definition) is 6. The Kier molecular flexibility index (Phi) is 8.29. The lowest BCUT2D eigenvalue weighted by molar-refractivity contribution is -0.116. The van der Waals surface area contributed by atoms with Crippen molar-refractivity contribution in [2.45, 2.75) is 38.1 Å². The van der Waals surface area contributed by atoms with Gasteiger partial charge in [-0.3, -0.25) is 14.9 Å². The Morgan fingerprint density at radius 2 is 2.02 bits per heavy atom. The van der Waals surface area contributed by atoms with Gasteiger partial charge in [-0.2, -0.15) is 0 Å². The van der Waals surface area contributed by atoms with Gasteiger partial charge in [0.25, 0.3) is 5.91 Å². The molecular weight excluding hydrogens is 553 g/mol. The Morgan fingerprint density at radius 1 is 1.17 bits per heavy atom. The maximum Gasteiger partial charge on any atom is 0.411 e. The van der Waals surface area contributed by atoms with Crippen LogP contribution in [0, 0.1) is 5.82 Å². The summed E-state index contributed by atoms with van der Waals surface area (Å²) in [5.74, 6) is -0.688. The Hall–Kier alpha value is -4.71. The Morgan fingerprint density at radius 3 is 2.85 bits per heavy atom. The van der Waals surface area contributed by atoms with Crippen LogP contribution in [0.1, 0.15) is 54.5 Å². The number of imidazole rings is 2. The smallest absolute Gasteiger partial charge is 0.411 e. The van der Waals surface area contributed by atoms with Gasteiger partial charge in [0.2, 0.25) is 5.91 Å². The average molecular weight is 580 g/mol. The van der Waals surface area contributed by atoms with E-state index in [1.807, 2.05) is 0 Å². The molecule has 0 aliphatic carbocycles. The number of fused-ring (bicyclic) bond motifs is 4. The van der Waals surface area contributed by atoms with Crippen LogP contribution in [0.5, 0.6) is 0 Å². The van der Waals surface area contributed by atoms with Crippen molar-refractivity contribution in [3.05, 3.63) is 77.5 Å². The molecule has 13 heteroatoms. The fourth-order valence-electron chi connectivity index (χ4n) is 4.58. The van der Waals surface area contributed by atoms with Crippen LogP contribution in [-0.2, 0) is 9.53 Å². The second-order valence-electron chi connectivity index (χ2n) is 9.47. The molecule has 0 radical (unpaired) electrons. The molecule has 0 saturated heterocycles. The number of rotatable bonds is 4. The van der Waals surface area contributed by atoms with Crippen LogP contribution in [0.3, 0.4) is 0 Å². The summed E-state index contributed by atoms with van der Waals surface area (Å²) in [6, 6.07) is 9.18. The first-order valence-corrected chi connectivity index (χ1v) is 13.3. The van der Waals surface area contributed by atoms with Gasteiger partial charge in [0.15, 0.2) is 5.82 Å². The summed E-state index contributed by atoms with van der Waals surface area (Å²) in [5, 5.41) is 8.47. The lowest BCUT2D eigenvalue weighted by atomic mass is 10.1. The molecule has 2 aromatic carbocycles. The van der Waals surface area contributed by atoms with Crippen molar-refractivity contribution in [2.24, 2.45) is 0 Å². The number of ether oxygens (including phenoxy) is 1. The van der Waals surface area contributed by atoms with Gasteiger partial charge in [0, 0.05) is 23.9 Å². The summed E-state index contributed by atoms with van der Waals surface area (Å²) in [7, 11) is 1.26. The Labute approximate surface area is 239 Å². The summed E-state index contributed by atoms with van der Waals surface area (Å²) in [6.07, 6.45) is 6.80. The first-order chi connectivity index (χ1) is 19.8. The van der Waals surface area contributed by atoms with Crippen molar-refractivity contribution in [2.75, 3.05) is 17.7 Å². The van der Waals surface area contributed by atoms with Crippen LogP contribution in [0.2, 0.25) is 5.02 Å². The number of amides is 3. The van der Waals surface area contributed by atoms with Crippen LogP contribution in [0.4, 0.5) is 20.6 Å². The molecule has 3 heterocycles. The highest BCUT2D eigenvalue weighted by molar-refractivity contribution is 6.30. The number of carbonyl (C=O) groups is 3. The third-order valence-corrected chi connectivity index (χ3v) is 6.96. The van der Waals surface area contributed by atoms with E-state index < -0.39 is 23.9 Å². The van der Waals surface area contributed by atoms with Crippen molar-refractivity contribution in [1.82, 2.24) is 24.8 Å². The fraction of sp³-hybridized carbons (Fsp3) is 0.250. The molecule has 11 nitrogen and oxygen atoms in total. The monoisotopic (exact) mass is 579 g/mol. The van der Waals surface area contributed by atoms with Crippen LogP contribution < -0.4 is 16.0 Å². The number of carbonyl (C=O) groups excluding carboxylic acids is 3. The molecule has 3 amide bonds. The third kappa shape index (κ3) is 6.38. The summed E-state index contributed by atoms with van der Waals surface area (Å²) in [5.41, 5.74) is 2.47. The molecule has 0 fully saturated rings. The van der Waals surface area contributed by atoms with E-state index >= 15 is 0 Å². The summed E-state index contributed by atoms with van der Waals surface area (Å²) >= 11 is 5.90. The van der Waals surface area contributed by atoms with Crippen molar-refractivity contribution < 1.29 is 23.5 Å². The summed E-state index contributed by atoms with van der Waals surface area (Å²) < 4.78 is 20.5. The number of anilines is 2. The normalized spacial score (nSPS) is 15.4. The van der Waals surface area contributed by atoms with E-state index in [9.17, 15) is 18.8 Å². The molecule has 1 aliphatic rings. The van der Waals surface area contributed by atoms with Gasteiger partial charge in [0.1, 0.15) is 17.8 Å². The minimum absolute atomic E-state index is 0.0331. The highest BCUT2D eigenvalue weighted by Gasteiger charge is 2.22. The van der Waals surface area contributed by atoms with Crippen molar-refractivity contribution in [3.8, 4) is 16.9 Å². The molecule has 41 heavy (non-hydrogen) atoms. The van der Waals surface area contributed by atoms with E-state index in [1.165, 1.54) is 36.3 Å². The lowest BCUT2D eigenvalue weighted by Crippen LogP contribution is -2.29. The molecule has 2 aromatic heterocycles. The number of H-pyrrole nitrogens is 1. The molecule has 0 saturated carbocycles. The molecule has 5 rings (SSSR count). The van der Waals surface area contributed by atoms with Gasteiger partial charge in [-0.05, 0) is 43.2 Å². The Balaban J connectivity index is 1.41. The van der Waals surface area contributed by atoms with Crippen LogP contribution in [0.15, 0.2) is 55.1 Å². The number of aromatic amines is 1. The summed E-state index contributed by atoms with van der Waals surface area (Å²) in [4.78, 5) is 49.5. The molecule has 2 bridgehead atoms. The zero-order valence-corrected chi connectivity index (χ0v) is 22.8. The van der Waals surface area contributed by atoms with Crippen molar-refractivity contribution in [1.29, 1.82) is 0 Å². The molecular formula is C28H27ClFN7O4. The van der Waals surface area contributed by atoms with Crippen LogP contribution in [-0.4, -0.2) is 44.5 Å². The lowest BCUT2D eigenvalue weighted by Gasteiger charge is -2.16. The van der Waals surface area contributed by atoms with E-state index in [-0.39, 0.29) is 22.3 Å². The van der Waals surface area contributed by atoms with Crippen LogP contribution >= 0.6 is 11.6 Å². The zero-order chi connectivity index (χ0) is 28.9. The average Bonchev–Trinajstić information content (AvgIpc) is 3.64. The minimum atomic E-state index is -0.633. The maximum absolute atomic E-state index is 14.5. The second-order valence-corrected chi connectivity index (χ2v) is 9.88. The summed E-state index contributed by atoms with van der Waals surface area (Å²) in [6.45, 7) is 0. The molecule has 0 unspecified atom stereocenters. The first kappa shape index (κ1) is 27.8. The van der Waals surface area contributed by atoms with Gasteiger partial charge in [-0.25, -0.2) is 19.2 Å². The van der Waals surface area contributed by atoms with Gasteiger partial charge in [-0.15, -0.1) is 0 Å². The molecule has 212 valence electrons. The molecule has 0 spiro atoms. The van der Waals surface area contributed by atoms with Crippen molar-refractivity contribution in [3.63, 3.8) is 0 Å². The van der Waals surface area contributed by atoms with Gasteiger partial charge >= 0.3 is 6.09 Å². The van der Waals surface area contributed by atoms with E-state index in [4.69, 9.17) is 11.6 Å². The predicted molar refractivity (Wildman–Crippen MR) is 151 cm³/mol. The van der Waals surface area contributed by atoms with E-state index in [0.29, 0.717) is 47.7 Å². The van der Waals surface area contributed by atoms with Crippen LogP contribution in [0.25, 0.3) is 16.9 Å². The first-order valence-electron chi connectivity index (χ1n) is 13.0. The number of aromatic nitrogens is 4. The molecule has 1 atom stereocenters. The highest BCUT2D eigenvalue weighted by atomic mass is 35.5. The number of hydrogen-bond donors (Lipinski definition) is 4.